The first-order valence-corrected chi connectivity index (χ1v) is 13.2. The van der Waals surface area contributed by atoms with Crippen LogP contribution in [0.25, 0.3) is 38.5 Å². The van der Waals surface area contributed by atoms with Crippen LogP contribution in [0.5, 0.6) is 0 Å². The van der Waals surface area contributed by atoms with Crippen molar-refractivity contribution in [2.75, 3.05) is 0 Å². The van der Waals surface area contributed by atoms with Gasteiger partial charge in [-0.05, 0) is 29.7 Å². The smallest absolute Gasteiger partial charge is 0.266 e. The van der Waals surface area contributed by atoms with Crippen molar-refractivity contribution in [2.24, 2.45) is 0 Å². The number of hydrogen-bond donors (Lipinski definition) is 0. The first-order chi connectivity index (χ1) is 20.4. The molecule has 0 spiro atoms. The van der Waals surface area contributed by atoms with E-state index in [2.05, 4.69) is 17.0 Å². The number of benzene rings is 4. The molecule has 0 aliphatic heterocycles. The second-order valence-electron chi connectivity index (χ2n) is 9.60. The SMILES string of the molecule is [C-]#[N+]c1cc[c-]c(-n2cc(-c3ccccc3)c(CCc3nn(-c4[c-]ccc(C(F)(F)F)c4)cc3-c3ccccc3)n2)c1.[Pt+2]. The standard InChI is InChI=1S/C34H22F3N5.Pt/c1-38-27-15-9-17-29(21-27)42-23-31(25-12-6-3-7-13-25)33(40-42)19-18-32-30(24-10-4-2-5-11-24)22-41(39-32)28-16-8-14-26(20-28)34(35,36)37;/h2-15,20-23H,18-19H2;/q-2;+2. The van der Waals surface area contributed by atoms with E-state index in [1.165, 1.54) is 10.7 Å². The first kappa shape index (κ1) is 29.8. The van der Waals surface area contributed by atoms with Crippen molar-refractivity contribution in [3.8, 4) is 33.6 Å². The Morgan fingerprint density at radius 2 is 1.19 bits per heavy atom. The Hall–Kier alpha value is -4.73. The summed E-state index contributed by atoms with van der Waals surface area (Å²) in [7, 11) is 0. The van der Waals surface area contributed by atoms with Gasteiger partial charge in [-0.3, -0.25) is 14.2 Å². The molecule has 0 atom stereocenters. The summed E-state index contributed by atoms with van der Waals surface area (Å²) in [5.41, 5.74) is 5.79. The molecule has 0 aliphatic carbocycles. The van der Waals surface area contributed by atoms with Crippen molar-refractivity contribution >= 4 is 5.69 Å². The van der Waals surface area contributed by atoms with E-state index in [1.54, 1.807) is 29.1 Å². The number of nitrogens with zero attached hydrogens (tertiary/aromatic N) is 5. The molecule has 0 radical (unpaired) electrons. The van der Waals surface area contributed by atoms with Gasteiger partial charge in [-0.25, -0.2) is 0 Å². The number of rotatable bonds is 7. The molecular formula is C34H22F3N5Pt. The Morgan fingerprint density at radius 3 is 1.67 bits per heavy atom. The largest absolute Gasteiger partial charge is 2.00 e. The zero-order valence-corrected chi connectivity index (χ0v) is 24.8. The Bertz CT molecular complexity index is 1890. The normalized spacial score (nSPS) is 11.1. The fraction of sp³-hybridized carbons (Fsp3) is 0.0882. The molecule has 0 fully saturated rings. The van der Waals surface area contributed by atoms with Crippen LogP contribution in [-0.2, 0) is 40.1 Å². The Labute approximate surface area is 261 Å². The van der Waals surface area contributed by atoms with Gasteiger partial charge in [0.25, 0.3) is 0 Å². The van der Waals surface area contributed by atoms with Crippen LogP contribution in [0.3, 0.4) is 0 Å². The van der Waals surface area contributed by atoms with Crippen molar-refractivity contribution in [1.82, 2.24) is 19.6 Å². The molecule has 0 N–H and O–H groups in total. The minimum atomic E-state index is -4.47. The van der Waals surface area contributed by atoms with E-state index in [4.69, 9.17) is 16.8 Å². The molecule has 0 amide bonds. The molecule has 0 aliphatic rings. The van der Waals surface area contributed by atoms with Gasteiger partial charge in [0.1, 0.15) is 0 Å². The summed E-state index contributed by atoms with van der Waals surface area (Å²) in [6.07, 6.45) is 0.207. The fourth-order valence-corrected chi connectivity index (χ4v) is 4.80. The van der Waals surface area contributed by atoms with Crippen molar-refractivity contribution in [2.45, 2.75) is 19.0 Å². The number of alkyl halides is 3. The maximum atomic E-state index is 13.4. The third-order valence-corrected chi connectivity index (χ3v) is 6.86. The average Bonchev–Trinajstić information content (AvgIpc) is 3.66. The van der Waals surface area contributed by atoms with Gasteiger partial charge in [-0.2, -0.15) is 59.8 Å². The molecule has 214 valence electrons. The number of aryl methyl sites for hydroxylation is 2. The minimum Gasteiger partial charge on any atom is -0.266 e. The van der Waals surface area contributed by atoms with Gasteiger partial charge in [0.2, 0.25) is 0 Å². The monoisotopic (exact) mass is 752 g/mol. The molecule has 4 aromatic carbocycles. The van der Waals surface area contributed by atoms with Gasteiger partial charge in [0.05, 0.1) is 23.6 Å². The van der Waals surface area contributed by atoms with E-state index in [-0.39, 0.29) is 26.8 Å². The zero-order valence-electron chi connectivity index (χ0n) is 22.5. The summed E-state index contributed by atoms with van der Waals surface area (Å²) in [6.45, 7) is 7.36. The van der Waals surface area contributed by atoms with E-state index in [9.17, 15) is 13.2 Å². The second-order valence-corrected chi connectivity index (χ2v) is 9.60. The van der Waals surface area contributed by atoms with E-state index in [1.807, 2.05) is 66.9 Å². The third-order valence-electron chi connectivity index (χ3n) is 6.86. The molecule has 2 heterocycles. The molecule has 2 aromatic heterocycles. The number of halogens is 3. The summed E-state index contributed by atoms with van der Waals surface area (Å²) in [5, 5.41) is 9.60. The summed E-state index contributed by atoms with van der Waals surface area (Å²) >= 11 is 0. The van der Waals surface area contributed by atoms with E-state index < -0.39 is 11.7 Å². The number of aromatic nitrogens is 4. The molecule has 0 saturated heterocycles. The second kappa shape index (κ2) is 12.6. The minimum absolute atomic E-state index is 0. The van der Waals surface area contributed by atoms with Crippen molar-refractivity contribution in [3.63, 3.8) is 0 Å². The Kier molecular flexibility index (Phi) is 8.75. The fourth-order valence-electron chi connectivity index (χ4n) is 4.80. The average molecular weight is 753 g/mol. The predicted octanol–water partition coefficient (Wildman–Crippen LogP) is 8.34. The first-order valence-electron chi connectivity index (χ1n) is 13.2. The summed E-state index contributed by atoms with van der Waals surface area (Å²) in [5.74, 6) is 0. The van der Waals surface area contributed by atoms with Gasteiger partial charge in [-0.15, -0.1) is 12.1 Å². The maximum absolute atomic E-state index is 13.4. The van der Waals surface area contributed by atoms with Crippen LogP contribution in [0.2, 0.25) is 0 Å². The van der Waals surface area contributed by atoms with Gasteiger partial charge < -0.3 is 0 Å². The van der Waals surface area contributed by atoms with E-state index in [0.717, 1.165) is 45.8 Å². The van der Waals surface area contributed by atoms with Crippen LogP contribution < -0.4 is 0 Å². The molecule has 0 unspecified atom stereocenters. The zero-order chi connectivity index (χ0) is 29.1. The van der Waals surface area contributed by atoms with E-state index >= 15 is 0 Å². The van der Waals surface area contributed by atoms with Crippen LogP contribution in [0, 0.1) is 18.7 Å². The summed E-state index contributed by atoms with van der Waals surface area (Å²) in [4.78, 5) is 3.52. The predicted molar refractivity (Wildman–Crippen MR) is 154 cm³/mol. The Morgan fingerprint density at radius 1 is 0.698 bits per heavy atom. The van der Waals surface area contributed by atoms with Crippen LogP contribution in [0.4, 0.5) is 18.9 Å². The van der Waals surface area contributed by atoms with Crippen molar-refractivity contribution in [1.29, 1.82) is 0 Å². The molecule has 6 rings (SSSR count). The van der Waals surface area contributed by atoms with Gasteiger partial charge in [0, 0.05) is 23.5 Å². The van der Waals surface area contributed by atoms with E-state index in [0.29, 0.717) is 24.2 Å². The van der Waals surface area contributed by atoms with Crippen LogP contribution >= 0.6 is 0 Å². The summed E-state index contributed by atoms with van der Waals surface area (Å²) < 4.78 is 43.4. The molecule has 5 nitrogen and oxygen atoms in total. The summed E-state index contributed by atoms with van der Waals surface area (Å²) in [6, 6.07) is 34.0. The molecule has 43 heavy (non-hydrogen) atoms. The quantitative estimate of drug-likeness (QED) is 0.154. The van der Waals surface area contributed by atoms with Gasteiger partial charge in [0.15, 0.2) is 0 Å². The maximum Gasteiger partial charge on any atom is 2.00 e. The van der Waals surface area contributed by atoms with Crippen molar-refractivity contribution < 1.29 is 34.2 Å². The topological polar surface area (TPSA) is 40.0 Å². The molecule has 0 saturated carbocycles. The molecule has 6 aromatic rings. The van der Waals surface area contributed by atoms with Crippen molar-refractivity contribution in [3.05, 3.63) is 150 Å². The van der Waals surface area contributed by atoms with Crippen LogP contribution in [-0.4, -0.2) is 19.6 Å². The number of hydrogen-bond acceptors (Lipinski definition) is 2. The molecule has 9 heteroatoms. The molecule has 0 bridgehead atoms. The Balaban J connectivity index is 0.00000368. The van der Waals surface area contributed by atoms with Crippen LogP contribution in [0.15, 0.2) is 109 Å². The third kappa shape index (κ3) is 6.53. The van der Waals surface area contributed by atoms with Crippen LogP contribution in [0.1, 0.15) is 17.0 Å². The molecular weight excluding hydrogens is 730 g/mol. The van der Waals surface area contributed by atoms with Gasteiger partial charge >= 0.3 is 27.2 Å². The van der Waals surface area contributed by atoms with Gasteiger partial charge in [-0.1, -0.05) is 71.9 Å².